The van der Waals surface area contributed by atoms with Gasteiger partial charge in [-0.05, 0) is 12.5 Å². The molecule has 3 N–H and O–H groups in total. The fraction of sp³-hybridized carbons (Fsp3) is 0.412. The molecule has 1 aromatic carbocycles. The molecule has 1 amide bonds. The van der Waals surface area contributed by atoms with Crippen LogP contribution in [0.1, 0.15) is 36.5 Å². The summed E-state index contributed by atoms with van der Waals surface area (Å²) in [6, 6.07) is 7.79. The third-order valence-electron chi connectivity index (χ3n) is 4.29. The van der Waals surface area contributed by atoms with Crippen molar-refractivity contribution in [2.75, 3.05) is 19.6 Å². The van der Waals surface area contributed by atoms with Crippen molar-refractivity contribution in [1.82, 2.24) is 10.4 Å². The first-order valence-electron chi connectivity index (χ1n) is 8.03. The summed E-state index contributed by atoms with van der Waals surface area (Å²) in [5.41, 5.74) is 5.43. The molecule has 0 radical (unpaired) electrons. The Morgan fingerprint density at radius 3 is 2.86 bits per heavy atom. The molecule has 0 aliphatic carbocycles. The molecule has 2 aromatic rings. The average Bonchev–Trinajstić information content (AvgIpc) is 2.98. The van der Waals surface area contributed by atoms with E-state index in [1.807, 2.05) is 24.3 Å². The molecule has 0 unspecified atom stereocenters. The van der Waals surface area contributed by atoms with Crippen LogP contribution >= 0.6 is 0 Å². The Kier molecular flexibility index (Phi) is 4.53. The first-order valence-corrected chi connectivity index (χ1v) is 8.03. The lowest BCUT2D eigenvalue weighted by molar-refractivity contribution is -0.901. The minimum absolute atomic E-state index is 0.145. The maximum atomic E-state index is 12.3. The molecular weight excluding hydrogens is 276 g/mol. The lowest BCUT2D eigenvalue weighted by atomic mass is 10.1. The Morgan fingerprint density at radius 2 is 2.09 bits per heavy atom. The van der Waals surface area contributed by atoms with Gasteiger partial charge in [0, 0.05) is 35.7 Å². The summed E-state index contributed by atoms with van der Waals surface area (Å²) in [5, 5.41) is 5.26. The lowest BCUT2D eigenvalue weighted by Crippen LogP contribution is -3.13. The van der Waals surface area contributed by atoms with E-state index in [0.29, 0.717) is 5.56 Å². The fourth-order valence-corrected chi connectivity index (χ4v) is 3.06. The van der Waals surface area contributed by atoms with E-state index in [-0.39, 0.29) is 5.91 Å². The summed E-state index contributed by atoms with van der Waals surface area (Å²) in [5.74, 6) is -0.145. The number of likely N-dealkylation sites (tertiary alicyclic amines) is 1. The third kappa shape index (κ3) is 3.20. The normalized spacial score (nSPS) is 18.4. The van der Waals surface area contributed by atoms with Crippen LogP contribution < -0.4 is 10.3 Å². The van der Waals surface area contributed by atoms with E-state index in [2.05, 4.69) is 22.4 Å². The molecule has 1 saturated heterocycles. The summed E-state index contributed by atoms with van der Waals surface area (Å²) < 4.78 is 0. The lowest BCUT2D eigenvalue weighted by Gasteiger charge is -2.24. The largest absolute Gasteiger partial charge is 0.360 e. The highest BCUT2D eigenvalue weighted by molar-refractivity contribution is 6.06. The van der Waals surface area contributed by atoms with E-state index in [9.17, 15) is 4.79 Å². The van der Waals surface area contributed by atoms with Crippen molar-refractivity contribution in [3.05, 3.63) is 36.0 Å². The van der Waals surface area contributed by atoms with Gasteiger partial charge in [0.1, 0.15) is 0 Å². The molecule has 1 aromatic heterocycles. The van der Waals surface area contributed by atoms with E-state index in [1.165, 1.54) is 13.0 Å². The van der Waals surface area contributed by atoms with Crippen molar-refractivity contribution >= 4 is 22.5 Å². The SMILES string of the molecule is CCC[NH+]1CCC(=NNC(=O)c2c[nH]c3ccccc23)CC1. The van der Waals surface area contributed by atoms with Crippen LogP contribution in [-0.4, -0.2) is 36.2 Å². The zero-order valence-electron chi connectivity index (χ0n) is 13.0. The van der Waals surface area contributed by atoms with Crippen LogP contribution in [0.5, 0.6) is 0 Å². The number of carbonyl (C=O) groups excluding carboxylic acids is 1. The van der Waals surface area contributed by atoms with Crippen LogP contribution in [0, 0.1) is 0 Å². The quantitative estimate of drug-likeness (QED) is 0.733. The summed E-state index contributed by atoms with van der Waals surface area (Å²) >= 11 is 0. The second-order valence-corrected chi connectivity index (χ2v) is 5.87. The van der Waals surface area contributed by atoms with Crippen molar-refractivity contribution in [3.8, 4) is 0 Å². The minimum Gasteiger partial charge on any atom is -0.360 e. The number of carbonyl (C=O) groups is 1. The van der Waals surface area contributed by atoms with Gasteiger partial charge in [0.15, 0.2) is 0 Å². The van der Waals surface area contributed by atoms with Gasteiger partial charge < -0.3 is 9.88 Å². The highest BCUT2D eigenvalue weighted by Crippen LogP contribution is 2.17. The highest BCUT2D eigenvalue weighted by atomic mass is 16.2. The fourth-order valence-electron chi connectivity index (χ4n) is 3.06. The number of hydrazone groups is 1. The van der Waals surface area contributed by atoms with Gasteiger partial charge in [-0.3, -0.25) is 4.79 Å². The van der Waals surface area contributed by atoms with E-state index in [1.54, 1.807) is 11.1 Å². The number of hydrogen-bond donors (Lipinski definition) is 3. The van der Waals surface area contributed by atoms with Crippen molar-refractivity contribution in [1.29, 1.82) is 0 Å². The zero-order valence-corrected chi connectivity index (χ0v) is 13.0. The Labute approximate surface area is 130 Å². The predicted molar refractivity (Wildman–Crippen MR) is 88.3 cm³/mol. The maximum absolute atomic E-state index is 12.3. The third-order valence-corrected chi connectivity index (χ3v) is 4.29. The number of H-pyrrole nitrogens is 1. The van der Waals surface area contributed by atoms with Crippen LogP contribution in [0.15, 0.2) is 35.6 Å². The molecule has 22 heavy (non-hydrogen) atoms. The Morgan fingerprint density at radius 1 is 1.32 bits per heavy atom. The molecule has 5 heteroatoms. The summed E-state index contributed by atoms with van der Waals surface area (Å²) in [6.45, 7) is 5.69. The number of aromatic nitrogens is 1. The van der Waals surface area contributed by atoms with Crippen LogP contribution in [0.4, 0.5) is 0 Å². The Balaban J connectivity index is 1.62. The first-order chi connectivity index (χ1) is 10.8. The van der Waals surface area contributed by atoms with E-state index in [4.69, 9.17) is 0 Å². The van der Waals surface area contributed by atoms with Crippen molar-refractivity contribution < 1.29 is 9.69 Å². The van der Waals surface area contributed by atoms with E-state index >= 15 is 0 Å². The smallest absolute Gasteiger partial charge is 0.273 e. The molecule has 0 atom stereocenters. The number of para-hydroxylation sites is 1. The number of benzene rings is 1. The van der Waals surface area contributed by atoms with Gasteiger partial charge in [-0.2, -0.15) is 5.10 Å². The number of rotatable bonds is 4. The molecule has 1 fully saturated rings. The van der Waals surface area contributed by atoms with Gasteiger partial charge in [0.2, 0.25) is 0 Å². The Hall–Kier alpha value is -2.14. The second kappa shape index (κ2) is 6.75. The van der Waals surface area contributed by atoms with Crippen LogP contribution in [-0.2, 0) is 0 Å². The molecule has 2 heterocycles. The molecule has 0 spiro atoms. The van der Waals surface area contributed by atoms with Crippen LogP contribution in [0.3, 0.4) is 0 Å². The van der Waals surface area contributed by atoms with Gasteiger partial charge in [-0.1, -0.05) is 25.1 Å². The second-order valence-electron chi connectivity index (χ2n) is 5.87. The van der Waals surface area contributed by atoms with Gasteiger partial charge in [0.05, 0.1) is 25.2 Å². The van der Waals surface area contributed by atoms with E-state index in [0.717, 1.165) is 42.5 Å². The molecule has 0 bridgehead atoms. The molecule has 1 aliphatic heterocycles. The van der Waals surface area contributed by atoms with Crippen molar-refractivity contribution in [2.24, 2.45) is 5.10 Å². The van der Waals surface area contributed by atoms with Gasteiger partial charge in [-0.15, -0.1) is 0 Å². The number of piperidine rings is 1. The standard InChI is InChI=1S/C17H22N4O/c1-2-9-21-10-7-13(8-11-21)19-20-17(22)15-12-18-16-6-4-3-5-14(15)16/h3-6,12,18H,2,7-11H2,1H3,(H,20,22)/p+1. The monoisotopic (exact) mass is 299 g/mol. The first kappa shape index (κ1) is 14.8. The summed E-state index contributed by atoms with van der Waals surface area (Å²) in [6.07, 6.45) is 4.92. The van der Waals surface area contributed by atoms with Crippen molar-refractivity contribution in [2.45, 2.75) is 26.2 Å². The number of aromatic amines is 1. The molecule has 116 valence electrons. The topological polar surface area (TPSA) is 61.7 Å². The maximum Gasteiger partial charge on any atom is 0.273 e. The van der Waals surface area contributed by atoms with Gasteiger partial charge in [-0.25, -0.2) is 5.43 Å². The van der Waals surface area contributed by atoms with Crippen molar-refractivity contribution in [3.63, 3.8) is 0 Å². The minimum atomic E-state index is -0.145. The van der Waals surface area contributed by atoms with Gasteiger partial charge >= 0.3 is 0 Å². The summed E-state index contributed by atoms with van der Waals surface area (Å²) in [7, 11) is 0. The Bertz CT molecular complexity index is 679. The van der Waals surface area contributed by atoms with Crippen LogP contribution in [0.25, 0.3) is 10.9 Å². The molecule has 0 saturated carbocycles. The number of hydrogen-bond acceptors (Lipinski definition) is 2. The number of amides is 1. The number of fused-ring (bicyclic) bond motifs is 1. The number of nitrogens with zero attached hydrogens (tertiary/aromatic N) is 1. The molecular formula is C17H23N4O+. The molecule has 3 rings (SSSR count). The van der Waals surface area contributed by atoms with Crippen LogP contribution in [0.2, 0.25) is 0 Å². The average molecular weight is 299 g/mol. The van der Waals surface area contributed by atoms with Gasteiger partial charge in [0.25, 0.3) is 5.91 Å². The van der Waals surface area contributed by atoms with E-state index < -0.39 is 0 Å². The molecule has 5 nitrogen and oxygen atoms in total. The summed E-state index contributed by atoms with van der Waals surface area (Å²) in [4.78, 5) is 17.0. The zero-order chi connectivity index (χ0) is 15.4. The molecule has 1 aliphatic rings. The number of quaternary nitrogens is 1. The number of nitrogens with one attached hydrogen (secondary N) is 3. The highest BCUT2D eigenvalue weighted by Gasteiger charge is 2.18. The predicted octanol–water partition coefficient (Wildman–Crippen LogP) is 1.34.